The molecular formula is C22H24N4O4S. The highest BCUT2D eigenvalue weighted by Crippen LogP contribution is 2.34. The number of esters is 1. The van der Waals surface area contributed by atoms with Gasteiger partial charge in [0, 0.05) is 0 Å². The maximum atomic E-state index is 13.2. The van der Waals surface area contributed by atoms with Gasteiger partial charge in [0.2, 0.25) is 0 Å². The molecule has 8 nitrogen and oxygen atoms in total. The van der Waals surface area contributed by atoms with Gasteiger partial charge in [-0.15, -0.1) is 11.3 Å². The van der Waals surface area contributed by atoms with Gasteiger partial charge in [0.1, 0.15) is 5.00 Å². The normalized spacial score (nSPS) is 10.7. The number of carbonyl (C=O) groups is 3. The van der Waals surface area contributed by atoms with Gasteiger partial charge < -0.3 is 15.8 Å². The van der Waals surface area contributed by atoms with Crippen molar-refractivity contribution in [2.45, 2.75) is 34.1 Å². The van der Waals surface area contributed by atoms with Gasteiger partial charge >= 0.3 is 5.97 Å². The number of nitrogens with zero attached hydrogens (tertiary/aromatic N) is 2. The van der Waals surface area contributed by atoms with Crippen LogP contribution in [0.4, 0.5) is 5.00 Å². The highest BCUT2D eigenvalue weighted by atomic mass is 32.1. The van der Waals surface area contributed by atoms with Crippen molar-refractivity contribution < 1.29 is 19.1 Å². The van der Waals surface area contributed by atoms with Crippen molar-refractivity contribution in [1.82, 2.24) is 9.78 Å². The second-order valence-corrected chi connectivity index (χ2v) is 8.03. The lowest BCUT2D eigenvalue weighted by Crippen LogP contribution is -2.16. The van der Waals surface area contributed by atoms with Crippen molar-refractivity contribution in [3.8, 4) is 5.69 Å². The summed E-state index contributed by atoms with van der Waals surface area (Å²) in [5.41, 5.74) is 8.40. The van der Waals surface area contributed by atoms with Crippen LogP contribution in [0.25, 0.3) is 5.69 Å². The van der Waals surface area contributed by atoms with E-state index < -0.39 is 17.8 Å². The van der Waals surface area contributed by atoms with Crippen molar-refractivity contribution in [1.29, 1.82) is 0 Å². The fourth-order valence-electron chi connectivity index (χ4n) is 3.31. The van der Waals surface area contributed by atoms with Crippen molar-refractivity contribution in [2.75, 3.05) is 11.9 Å². The third kappa shape index (κ3) is 4.36. The van der Waals surface area contributed by atoms with Gasteiger partial charge in [-0.05, 0) is 44.9 Å². The topological polar surface area (TPSA) is 116 Å². The largest absolute Gasteiger partial charge is 0.462 e. The zero-order valence-corrected chi connectivity index (χ0v) is 18.6. The monoisotopic (exact) mass is 440 g/mol. The predicted molar refractivity (Wildman–Crippen MR) is 119 cm³/mol. The molecule has 0 radical (unpaired) electrons. The number of primary amides is 1. The van der Waals surface area contributed by atoms with E-state index in [1.807, 2.05) is 37.3 Å². The molecule has 3 aromatic rings. The molecule has 162 valence electrons. The SMILES string of the molecule is CCCOC(=O)c1c(NC(=O)c2c(C)nn(-c3ccccc3)c2C)sc(C(N)=O)c1C. The molecule has 0 aliphatic rings. The van der Waals surface area contributed by atoms with E-state index in [1.54, 1.807) is 25.5 Å². The molecule has 2 amide bonds. The fraction of sp³-hybridized carbons (Fsp3) is 0.273. The van der Waals surface area contributed by atoms with Crippen LogP contribution in [0.1, 0.15) is 60.7 Å². The molecule has 2 heterocycles. The van der Waals surface area contributed by atoms with E-state index in [0.717, 1.165) is 17.0 Å². The predicted octanol–water partition coefficient (Wildman–Crippen LogP) is 3.78. The Hall–Kier alpha value is -3.46. The molecule has 0 spiro atoms. The average Bonchev–Trinajstić information content (AvgIpc) is 3.22. The first kappa shape index (κ1) is 22.2. The number of nitrogens with two attached hydrogens (primary N) is 1. The minimum Gasteiger partial charge on any atom is -0.462 e. The summed E-state index contributed by atoms with van der Waals surface area (Å²) < 4.78 is 6.93. The number of para-hydroxylation sites is 1. The summed E-state index contributed by atoms with van der Waals surface area (Å²) in [6.07, 6.45) is 0.649. The van der Waals surface area contributed by atoms with Gasteiger partial charge in [0.15, 0.2) is 0 Å². The number of rotatable bonds is 7. The van der Waals surface area contributed by atoms with Crippen molar-refractivity contribution in [3.63, 3.8) is 0 Å². The second-order valence-electron chi connectivity index (χ2n) is 7.01. The van der Waals surface area contributed by atoms with Crippen LogP contribution < -0.4 is 11.1 Å². The molecule has 31 heavy (non-hydrogen) atoms. The summed E-state index contributed by atoms with van der Waals surface area (Å²) in [5.74, 6) is -1.71. The molecular weight excluding hydrogens is 416 g/mol. The Morgan fingerprint density at radius 3 is 2.42 bits per heavy atom. The van der Waals surface area contributed by atoms with Gasteiger partial charge in [-0.2, -0.15) is 5.10 Å². The minimum atomic E-state index is -0.670. The molecule has 0 saturated heterocycles. The quantitative estimate of drug-likeness (QED) is 0.543. The average molecular weight is 441 g/mol. The lowest BCUT2D eigenvalue weighted by atomic mass is 10.1. The van der Waals surface area contributed by atoms with E-state index >= 15 is 0 Å². The highest BCUT2D eigenvalue weighted by molar-refractivity contribution is 7.18. The first-order chi connectivity index (χ1) is 14.8. The molecule has 9 heteroatoms. The van der Waals surface area contributed by atoms with E-state index in [4.69, 9.17) is 10.5 Å². The number of hydrogen-bond acceptors (Lipinski definition) is 6. The number of amides is 2. The Bertz CT molecular complexity index is 1150. The number of benzene rings is 1. The summed E-state index contributed by atoms with van der Waals surface area (Å²) in [6.45, 7) is 7.26. The Labute approximate surface area is 184 Å². The minimum absolute atomic E-state index is 0.145. The van der Waals surface area contributed by atoms with Crippen LogP contribution in [0.2, 0.25) is 0 Å². The van der Waals surface area contributed by atoms with Gasteiger partial charge in [0.25, 0.3) is 11.8 Å². The lowest BCUT2D eigenvalue weighted by molar-refractivity contribution is 0.0506. The molecule has 0 aliphatic heterocycles. The smallest absolute Gasteiger partial charge is 0.341 e. The van der Waals surface area contributed by atoms with Crippen molar-refractivity contribution in [2.24, 2.45) is 5.73 Å². The number of ether oxygens (including phenoxy) is 1. The molecule has 2 aromatic heterocycles. The molecule has 0 bridgehead atoms. The molecule has 1 aromatic carbocycles. The Balaban J connectivity index is 1.99. The zero-order chi connectivity index (χ0) is 22.7. The molecule has 0 fully saturated rings. The summed E-state index contributed by atoms with van der Waals surface area (Å²) in [7, 11) is 0. The maximum Gasteiger partial charge on any atom is 0.341 e. The van der Waals surface area contributed by atoms with Crippen LogP contribution in [0.3, 0.4) is 0 Å². The first-order valence-corrected chi connectivity index (χ1v) is 10.6. The lowest BCUT2D eigenvalue weighted by Gasteiger charge is -2.08. The van der Waals surface area contributed by atoms with Crippen LogP contribution in [0.15, 0.2) is 30.3 Å². The Morgan fingerprint density at radius 1 is 1.13 bits per heavy atom. The van der Waals surface area contributed by atoms with Crippen LogP contribution in [0.5, 0.6) is 0 Å². The Kier molecular flexibility index (Phi) is 6.55. The summed E-state index contributed by atoms with van der Waals surface area (Å²) in [5, 5.41) is 7.48. The number of nitrogens with one attached hydrogen (secondary N) is 1. The van der Waals surface area contributed by atoms with Gasteiger partial charge in [0.05, 0.1) is 39.7 Å². The van der Waals surface area contributed by atoms with Gasteiger partial charge in [-0.25, -0.2) is 9.48 Å². The van der Waals surface area contributed by atoms with Gasteiger partial charge in [-0.1, -0.05) is 25.1 Å². The molecule has 0 saturated carbocycles. The number of thiophene rings is 1. The first-order valence-electron chi connectivity index (χ1n) is 9.79. The zero-order valence-electron chi connectivity index (χ0n) is 17.8. The van der Waals surface area contributed by atoms with E-state index in [-0.39, 0.29) is 22.0 Å². The molecule has 0 unspecified atom stereocenters. The molecule has 0 atom stereocenters. The highest BCUT2D eigenvalue weighted by Gasteiger charge is 2.27. The Morgan fingerprint density at radius 2 is 1.81 bits per heavy atom. The van der Waals surface area contributed by atoms with E-state index in [9.17, 15) is 14.4 Å². The summed E-state index contributed by atoms with van der Waals surface area (Å²) >= 11 is 0.959. The fourth-order valence-corrected chi connectivity index (χ4v) is 4.35. The van der Waals surface area contributed by atoms with E-state index in [0.29, 0.717) is 28.9 Å². The van der Waals surface area contributed by atoms with Crippen LogP contribution in [0, 0.1) is 20.8 Å². The van der Waals surface area contributed by atoms with Crippen molar-refractivity contribution in [3.05, 3.63) is 63.3 Å². The summed E-state index contributed by atoms with van der Waals surface area (Å²) in [4.78, 5) is 37.7. The second kappa shape index (κ2) is 9.13. The third-order valence-corrected chi connectivity index (χ3v) is 5.98. The third-order valence-electron chi connectivity index (χ3n) is 4.76. The van der Waals surface area contributed by atoms with Crippen LogP contribution in [-0.4, -0.2) is 34.2 Å². The molecule has 3 rings (SSSR count). The van der Waals surface area contributed by atoms with Crippen molar-refractivity contribution >= 4 is 34.1 Å². The molecule has 0 aliphatic carbocycles. The number of aromatic nitrogens is 2. The van der Waals surface area contributed by atoms with E-state index in [2.05, 4.69) is 10.4 Å². The van der Waals surface area contributed by atoms with E-state index in [1.165, 1.54) is 0 Å². The number of carbonyl (C=O) groups excluding carboxylic acids is 3. The van der Waals surface area contributed by atoms with Gasteiger partial charge in [-0.3, -0.25) is 9.59 Å². The maximum absolute atomic E-state index is 13.2. The number of hydrogen-bond donors (Lipinski definition) is 2. The summed E-state index contributed by atoms with van der Waals surface area (Å²) in [6, 6.07) is 9.46. The van der Waals surface area contributed by atoms with Crippen LogP contribution in [-0.2, 0) is 4.74 Å². The van der Waals surface area contributed by atoms with Crippen LogP contribution >= 0.6 is 11.3 Å². The number of aryl methyl sites for hydroxylation is 1. The molecule has 3 N–H and O–H groups in total. The number of anilines is 1. The standard InChI is InChI=1S/C22H24N4O4S/c1-5-11-30-22(29)16-12(2)18(19(23)27)31-21(16)24-20(28)17-13(3)25-26(14(17)4)15-9-7-6-8-10-15/h6-10H,5,11H2,1-4H3,(H2,23,27)(H,24,28).